The molecule has 0 amide bonds. The molecule has 0 fully saturated rings. The minimum atomic E-state index is -3.67. The van der Waals surface area contributed by atoms with E-state index in [4.69, 9.17) is 4.74 Å². The van der Waals surface area contributed by atoms with Gasteiger partial charge in [-0.1, -0.05) is 42.5 Å². The second-order valence-electron chi connectivity index (χ2n) is 5.65. The molecule has 0 saturated carbocycles. The predicted octanol–water partition coefficient (Wildman–Crippen LogP) is 1.54. The third kappa shape index (κ3) is 3.65. The van der Waals surface area contributed by atoms with Gasteiger partial charge in [0.15, 0.2) is 12.4 Å². The summed E-state index contributed by atoms with van der Waals surface area (Å²) in [4.78, 5) is 28.3. The minimum absolute atomic E-state index is 0.0828. The van der Waals surface area contributed by atoms with Crippen molar-refractivity contribution < 1.29 is 22.7 Å². The maximum atomic E-state index is 12.1. The number of Topliss-reactive ketones (excluding diaryl/α,β-unsaturated/α-hetero) is 1. The lowest BCUT2D eigenvalue weighted by Crippen LogP contribution is -2.27. The Labute approximate surface area is 150 Å². The number of aliphatic imine (C=N–C) groups is 1. The fraction of sp³-hybridized carbons (Fsp3) is 0.167. The van der Waals surface area contributed by atoms with Gasteiger partial charge in [0.1, 0.15) is 11.9 Å². The van der Waals surface area contributed by atoms with Gasteiger partial charge in [0.05, 0.1) is 4.90 Å². The molecule has 134 valence electrons. The highest BCUT2D eigenvalue weighted by Crippen LogP contribution is 2.22. The highest BCUT2D eigenvalue weighted by molar-refractivity contribution is 7.90. The van der Waals surface area contributed by atoms with E-state index in [1.807, 2.05) is 0 Å². The zero-order chi connectivity index (χ0) is 18.7. The summed E-state index contributed by atoms with van der Waals surface area (Å²) < 4.78 is 31.4. The maximum Gasteiger partial charge on any atom is 0.331 e. The Morgan fingerprint density at radius 3 is 2.46 bits per heavy atom. The van der Waals surface area contributed by atoms with Crippen molar-refractivity contribution in [3.63, 3.8) is 0 Å². The molecular weight excluding hydrogens is 356 g/mol. The van der Waals surface area contributed by atoms with E-state index < -0.39 is 28.6 Å². The first-order chi connectivity index (χ1) is 12.4. The molecule has 3 rings (SSSR count). The van der Waals surface area contributed by atoms with Crippen LogP contribution < -0.4 is 4.72 Å². The summed E-state index contributed by atoms with van der Waals surface area (Å²) in [6.07, 6.45) is 0. The number of ether oxygens (including phenoxy) is 1. The Morgan fingerprint density at radius 1 is 1.08 bits per heavy atom. The van der Waals surface area contributed by atoms with E-state index in [2.05, 4.69) is 9.71 Å². The molecule has 0 aliphatic carbocycles. The molecule has 0 saturated heterocycles. The Hall–Kier alpha value is -3.00. The number of hydrogen-bond acceptors (Lipinski definition) is 6. The number of fused-ring (bicyclic) bond motifs is 1. The van der Waals surface area contributed by atoms with E-state index in [1.165, 1.54) is 13.0 Å². The van der Waals surface area contributed by atoms with Crippen molar-refractivity contribution in [3.05, 3.63) is 65.7 Å². The molecule has 2 aromatic carbocycles. The number of sulfonamides is 1. The predicted molar refractivity (Wildman–Crippen MR) is 94.5 cm³/mol. The van der Waals surface area contributed by atoms with Crippen LogP contribution in [0.1, 0.15) is 22.8 Å². The Bertz CT molecular complexity index is 984. The number of carbonyl (C=O) groups is 2. The number of nitrogens with one attached hydrogen (secondary N) is 1. The van der Waals surface area contributed by atoms with Gasteiger partial charge in [0.25, 0.3) is 10.0 Å². The van der Waals surface area contributed by atoms with Crippen molar-refractivity contribution in [1.29, 1.82) is 0 Å². The fourth-order valence-corrected chi connectivity index (χ4v) is 3.68. The van der Waals surface area contributed by atoms with Crippen LogP contribution in [0.25, 0.3) is 0 Å². The SMILES string of the molecule is C[C@@H](N=C1NS(=O)(=O)c2ccccc21)C(=O)OCC(=O)c1ccccc1. The lowest BCUT2D eigenvalue weighted by atomic mass is 10.1. The molecule has 2 aromatic rings. The number of ketones is 1. The average Bonchev–Trinajstić information content (AvgIpc) is 2.90. The first-order valence-electron chi connectivity index (χ1n) is 7.83. The highest BCUT2D eigenvalue weighted by Gasteiger charge is 2.31. The highest BCUT2D eigenvalue weighted by atomic mass is 32.2. The van der Waals surface area contributed by atoms with Gasteiger partial charge >= 0.3 is 5.97 Å². The van der Waals surface area contributed by atoms with Crippen molar-refractivity contribution in [2.45, 2.75) is 17.9 Å². The molecule has 0 aromatic heterocycles. The standard InChI is InChI=1S/C18H16N2O5S/c1-12(18(22)25-11-15(21)13-7-3-2-4-8-13)19-17-14-9-5-6-10-16(14)26(23,24)20-17/h2-10,12H,11H2,1H3,(H,19,20)/t12-/m1/s1. The summed E-state index contributed by atoms with van der Waals surface area (Å²) in [5.41, 5.74) is 0.837. The summed E-state index contributed by atoms with van der Waals surface area (Å²) in [7, 11) is -3.67. The Kier molecular flexibility index (Phi) is 4.85. The normalized spacial score (nSPS) is 17.2. The van der Waals surface area contributed by atoms with Crippen LogP contribution in [-0.2, 0) is 19.6 Å². The number of benzene rings is 2. The molecule has 1 aliphatic rings. The molecule has 0 radical (unpaired) electrons. The van der Waals surface area contributed by atoms with Gasteiger partial charge in [-0.3, -0.25) is 14.5 Å². The lowest BCUT2D eigenvalue weighted by molar-refractivity contribution is -0.143. The second kappa shape index (κ2) is 7.09. The lowest BCUT2D eigenvalue weighted by Gasteiger charge is -2.08. The van der Waals surface area contributed by atoms with Crippen molar-refractivity contribution in [3.8, 4) is 0 Å². The van der Waals surface area contributed by atoms with Gasteiger partial charge in [-0.15, -0.1) is 0 Å². The van der Waals surface area contributed by atoms with Crippen LogP contribution in [0.2, 0.25) is 0 Å². The molecular formula is C18H16N2O5S. The van der Waals surface area contributed by atoms with E-state index in [1.54, 1.807) is 48.5 Å². The average molecular weight is 372 g/mol. The molecule has 0 unspecified atom stereocenters. The van der Waals surface area contributed by atoms with Gasteiger partial charge in [-0.05, 0) is 19.1 Å². The first-order valence-corrected chi connectivity index (χ1v) is 9.32. The van der Waals surface area contributed by atoms with E-state index in [9.17, 15) is 18.0 Å². The van der Waals surface area contributed by atoms with Gasteiger partial charge < -0.3 is 4.74 Å². The Morgan fingerprint density at radius 2 is 1.73 bits per heavy atom. The fourth-order valence-electron chi connectivity index (χ4n) is 2.44. The Balaban J connectivity index is 1.68. The van der Waals surface area contributed by atoms with Crippen LogP contribution in [0.3, 0.4) is 0 Å². The van der Waals surface area contributed by atoms with Crippen molar-refractivity contribution in [2.24, 2.45) is 4.99 Å². The quantitative estimate of drug-likeness (QED) is 0.634. The summed E-state index contributed by atoms with van der Waals surface area (Å²) in [6, 6.07) is 13.8. The maximum absolute atomic E-state index is 12.1. The number of hydrogen-bond donors (Lipinski definition) is 1. The van der Waals surface area contributed by atoms with Crippen molar-refractivity contribution in [1.82, 2.24) is 4.72 Å². The van der Waals surface area contributed by atoms with Gasteiger partial charge in [-0.2, -0.15) is 0 Å². The molecule has 0 bridgehead atoms. The zero-order valence-corrected chi connectivity index (χ0v) is 14.7. The monoisotopic (exact) mass is 372 g/mol. The summed E-state index contributed by atoms with van der Waals surface area (Å²) >= 11 is 0. The molecule has 26 heavy (non-hydrogen) atoms. The molecule has 8 heteroatoms. The van der Waals surface area contributed by atoms with Gasteiger partial charge in [-0.25, -0.2) is 13.2 Å². The van der Waals surface area contributed by atoms with E-state index in [0.29, 0.717) is 11.1 Å². The first kappa shape index (κ1) is 17.8. The molecule has 1 N–H and O–H groups in total. The summed E-state index contributed by atoms with van der Waals surface area (Å²) in [6.45, 7) is 1.07. The van der Waals surface area contributed by atoms with Crippen LogP contribution in [-0.4, -0.2) is 38.7 Å². The number of carbonyl (C=O) groups excluding carboxylic acids is 2. The van der Waals surface area contributed by atoms with Crippen LogP contribution in [0, 0.1) is 0 Å². The third-order valence-electron chi connectivity index (χ3n) is 3.77. The third-order valence-corrected chi connectivity index (χ3v) is 5.16. The molecule has 1 aliphatic heterocycles. The number of rotatable bonds is 5. The smallest absolute Gasteiger partial charge is 0.331 e. The second-order valence-corrected chi connectivity index (χ2v) is 7.30. The van der Waals surface area contributed by atoms with Crippen LogP contribution in [0.4, 0.5) is 0 Å². The minimum Gasteiger partial charge on any atom is -0.456 e. The topological polar surface area (TPSA) is 102 Å². The summed E-state index contributed by atoms with van der Waals surface area (Å²) in [5, 5.41) is 0. The zero-order valence-electron chi connectivity index (χ0n) is 13.9. The van der Waals surface area contributed by atoms with E-state index >= 15 is 0 Å². The van der Waals surface area contributed by atoms with Crippen LogP contribution >= 0.6 is 0 Å². The molecule has 1 atom stereocenters. The van der Waals surface area contributed by atoms with Crippen molar-refractivity contribution >= 4 is 27.6 Å². The van der Waals surface area contributed by atoms with Crippen LogP contribution in [0.5, 0.6) is 0 Å². The van der Waals surface area contributed by atoms with Gasteiger partial charge in [0.2, 0.25) is 0 Å². The van der Waals surface area contributed by atoms with E-state index in [-0.39, 0.29) is 16.5 Å². The summed E-state index contributed by atoms with van der Waals surface area (Å²) in [5.74, 6) is -0.962. The largest absolute Gasteiger partial charge is 0.456 e. The number of esters is 1. The molecule has 0 spiro atoms. The van der Waals surface area contributed by atoms with Gasteiger partial charge in [0, 0.05) is 11.1 Å². The number of nitrogens with zero attached hydrogens (tertiary/aromatic N) is 1. The van der Waals surface area contributed by atoms with E-state index in [0.717, 1.165) is 0 Å². The molecule has 1 heterocycles. The molecule has 7 nitrogen and oxygen atoms in total. The van der Waals surface area contributed by atoms with Crippen LogP contribution in [0.15, 0.2) is 64.5 Å². The van der Waals surface area contributed by atoms with Crippen molar-refractivity contribution in [2.75, 3.05) is 6.61 Å². The number of amidine groups is 1.